The van der Waals surface area contributed by atoms with Crippen molar-refractivity contribution < 1.29 is 0 Å². The minimum Gasteiger partial charge on any atom is -0.370 e. The number of benzene rings is 2. The maximum Gasteiger partial charge on any atom is 0.135 e. The van der Waals surface area contributed by atoms with Crippen LogP contribution in [0.25, 0.3) is 43.4 Å². The molecule has 0 atom stereocenters. The van der Waals surface area contributed by atoms with E-state index in [4.69, 9.17) is 9.97 Å². The van der Waals surface area contributed by atoms with E-state index in [1.54, 1.807) is 22.7 Å². The summed E-state index contributed by atoms with van der Waals surface area (Å²) in [4.78, 5) is 9.75. The highest BCUT2D eigenvalue weighted by atomic mass is 32.1. The van der Waals surface area contributed by atoms with Crippen LogP contribution in [0.1, 0.15) is 19.3 Å². The van der Waals surface area contributed by atoms with Gasteiger partial charge in [0.1, 0.15) is 11.6 Å². The van der Waals surface area contributed by atoms with Crippen molar-refractivity contribution in [1.82, 2.24) is 9.97 Å². The molecule has 33 heavy (non-hydrogen) atoms. The molecule has 0 bridgehead atoms. The molecule has 0 saturated carbocycles. The molecule has 0 fully saturated rings. The summed E-state index contributed by atoms with van der Waals surface area (Å²) in [5, 5.41) is 23.5. The summed E-state index contributed by atoms with van der Waals surface area (Å²) in [7, 11) is 0. The SMILES string of the molecule is c1ccc2c(c1)nc(NCCCCCNc1nc3ccccc3c3cscc13)c1cscc12. The molecule has 4 heterocycles. The maximum atomic E-state index is 4.87. The average Bonchev–Trinajstić information content (AvgIpc) is 3.54. The summed E-state index contributed by atoms with van der Waals surface area (Å²) < 4.78 is 0. The molecule has 0 radical (unpaired) electrons. The van der Waals surface area contributed by atoms with Gasteiger partial charge in [-0.1, -0.05) is 36.4 Å². The van der Waals surface area contributed by atoms with Gasteiger partial charge in [-0.3, -0.25) is 0 Å². The zero-order valence-corrected chi connectivity index (χ0v) is 19.8. The molecule has 0 spiro atoms. The molecule has 0 unspecified atom stereocenters. The largest absolute Gasteiger partial charge is 0.370 e. The molecule has 2 aromatic carbocycles. The van der Waals surface area contributed by atoms with Gasteiger partial charge < -0.3 is 10.6 Å². The van der Waals surface area contributed by atoms with Crippen LogP contribution < -0.4 is 10.6 Å². The van der Waals surface area contributed by atoms with E-state index in [2.05, 4.69) is 80.7 Å². The Morgan fingerprint density at radius 3 is 1.48 bits per heavy atom. The van der Waals surface area contributed by atoms with E-state index in [9.17, 15) is 0 Å². The number of para-hydroxylation sites is 2. The van der Waals surface area contributed by atoms with E-state index in [0.29, 0.717) is 0 Å². The van der Waals surface area contributed by atoms with E-state index in [0.717, 1.165) is 55.0 Å². The molecule has 0 saturated heterocycles. The number of anilines is 2. The highest BCUT2D eigenvalue weighted by Gasteiger charge is 2.10. The summed E-state index contributed by atoms with van der Waals surface area (Å²) in [6.45, 7) is 1.86. The molecule has 6 aromatic rings. The summed E-state index contributed by atoms with van der Waals surface area (Å²) in [5.74, 6) is 2.01. The Bertz CT molecular complexity index is 1450. The van der Waals surface area contributed by atoms with Crippen molar-refractivity contribution in [3.63, 3.8) is 0 Å². The molecule has 4 nitrogen and oxygen atoms in total. The molecular formula is C27H24N4S2. The summed E-state index contributed by atoms with van der Waals surface area (Å²) in [6, 6.07) is 16.8. The zero-order valence-electron chi connectivity index (χ0n) is 18.2. The van der Waals surface area contributed by atoms with Crippen molar-refractivity contribution >= 4 is 77.7 Å². The van der Waals surface area contributed by atoms with Gasteiger partial charge >= 0.3 is 0 Å². The quantitative estimate of drug-likeness (QED) is 0.223. The first kappa shape index (κ1) is 20.4. The van der Waals surface area contributed by atoms with Crippen LogP contribution in [-0.2, 0) is 0 Å². The van der Waals surface area contributed by atoms with E-state index in [-0.39, 0.29) is 0 Å². The van der Waals surface area contributed by atoms with Gasteiger partial charge in [0, 0.05) is 56.2 Å². The molecular weight excluding hydrogens is 444 g/mol. The van der Waals surface area contributed by atoms with Gasteiger partial charge in [-0.25, -0.2) is 9.97 Å². The lowest BCUT2D eigenvalue weighted by Crippen LogP contribution is -2.07. The number of hydrogen-bond donors (Lipinski definition) is 2. The van der Waals surface area contributed by atoms with E-state index in [1.807, 2.05) is 0 Å². The van der Waals surface area contributed by atoms with Crippen LogP contribution in [0.4, 0.5) is 11.6 Å². The van der Waals surface area contributed by atoms with Gasteiger partial charge in [0.15, 0.2) is 0 Å². The average molecular weight is 469 g/mol. The number of aromatic nitrogens is 2. The minimum atomic E-state index is 0.930. The van der Waals surface area contributed by atoms with Gasteiger partial charge in [0.05, 0.1) is 11.0 Å². The number of pyridine rings is 2. The summed E-state index contributed by atoms with van der Waals surface area (Å²) >= 11 is 3.48. The van der Waals surface area contributed by atoms with Crippen molar-refractivity contribution in [2.24, 2.45) is 0 Å². The Morgan fingerprint density at radius 1 is 0.515 bits per heavy atom. The topological polar surface area (TPSA) is 49.8 Å². The molecule has 164 valence electrons. The third kappa shape index (κ3) is 3.90. The number of fused-ring (bicyclic) bond motifs is 6. The smallest absolute Gasteiger partial charge is 0.135 e. The Hall–Kier alpha value is -3.22. The molecule has 2 N–H and O–H groups in total. The second-order valence-corrected chi connectivity index (χ2v) is 9.75. The lowest BCUT2D eigenvalue weighted by molar-refractivity contribution is 0.720. The Balaban J connectivity index is 1.05. The molecule has 6 rings (SSSR count). The number of unbranched alkanes of at least 4 members (excludes halogenated alkanes) is 2. The monoisotopic (exact) mass is 468 g/mol. The van der Waals surface area contributed by atoms with Crippen molar-refractivity contribution in [1.29, 1.82) is 0 Å². The van der Waals surface area contributed by atoms with Crippen LogP contribution in [0.15, 0.2) is 70.1 Å². The lowest BCUT2D eigenvalue weighted by atomic mass is 10.1. The normalized spacial score (nSPS) is 11.6. The molecule has 0 aliphatic carbocycles. The highest BCUT2D eigenvalue weighted by Crippen LogP contribution is 2.33. The molecule has 0 aliphatic heterocycles. The fourth-order valence-corrected chi connectivity index (χ4v) is 6.11. The maximum absolute atomic E-state index is 4.87. The van der Waals surface area contributed by atoms with Crippen LogP contribution in [0.5, 0.6) is 0 Å². The fraction of sp³-hybridized carbons (Fsp3) is 0.185. The van der Waals surface area contributed by atoms with E-state index >= 15 is 0 Å². The highest BCUT2D eigenvalue weighted by molar-refractivity contribution is 7.09. The van der Waals surface area contributed by atoms with Gasteiger partial charge in [0.25, 0.3) is 0 Å². The number of thiophene rings is 2. The van der Waals surface area contributed by atoms with Crippen LogP contribution in [0.2, 0.25) is 0 Å². The van der Waals surface area contributed by atoms with Crippen LogP contribution in [0.3, 0.4) is 0 Å². The third-order valence-corrected chi connectivity index (χ3v) is 7.61. The number of hydrogen-bond acceptors (Lipinski definition) is 6. The number of nitrogens with zero attached hydrogens (tertiary/aromatic N) is 2. The molecule has 4 aromatic heterocycles. The summed E-state index contributed by atoms with van der Waals surface area (Å²) in [5.41, 5.74) is 2.11. The van der Waals surface area contributed by atoms with Gasteiger partial charge in [-0.15, -0.1) is 0 Å². The number of rotatable bonds is 8. The Kier molecular flexibility index (Phi) is 5.54. The minimum absolute atomic E-state index is 0.930. The van der Waals surface area contributed by atoms with Crippen molar-refractivity contribution in [2.45, 2.75) is 19.3 Å². The Labute approximate surface area is 200 Å². The summed E-state index contributed by atoms with van der Waals surface area (Å²) in [6.07, 6.45) is 3.38. The van der Waals surface area contributed by atoms with Crippen LogP contribution >= 0.6 is 22.7 Å². The number of nitrogens with one attached hydrogen (secondary N) is 2. The zero-order chi connectivity index (χ0) is 22.0. The van der Waals surface area contributed by atoms with Gasteiger partial charge in [-0.05, 0) is 42.2 Å². The molecule has 0 aliphatic rings. The van der Waals surface area contributed by atoms with Crippen LogP contribution in [-0.4, -0.2) is 23.1 Å². The first-order valence-corrected chi connectivity index (χ1v) is 13.2. The fourth-order valence-electron chi connectivity index (χ4n) is 4.45. The van der Waals surface area contributed by atoms with Crippen LogP contribution in [0, 0.1) is 0 Å². The predicted molar refractivity (Wildman–Crippen MR) is 145 cm³/mol. The van der Waals surface area contributed by atoms with E-state index in [1.165, 1.54) is 32.3 Å². The van der Waals surface area contributed by atoms with Crippen molar-refractivity contribution in [3.05, 3.63) is 70.1 Å². The lowest BCUT2D eigenvalue weighted by Gasteiger charge is -2.11. The van der Waals surface area contributed by atoms with E-state index < -0.39 is 0 Å². The van der Waals surface area contributed by atoms with Gasteiger partial charge in [-0.2, -0.15) is 22.7 Å². The second kappa shape index (κ2) is 8.96. The molecule has 6 heteroatoms. The van der Waals surface area contributed by atoms with Crippen molar-refractivity contribution in [2.75, 3.05) is 23.7 Å². The first-order valence-electron chi connectivity index (χ1n) is 11.4. The predicted octanol–water partition coefficient (Wildman–Crippen LogP) is 7.91. The molecule has 0 amide bonds. The van der Waals surface area contributed by atoms with Gasteiger partial charge in [0.2, 0.25) is 0 Å². The Morgan fingerprint density at radius 2 is 0.970 bits per heavy atom. The van der Waals surface area contributed by atoms with Crippen molar-refractivity contribution in [3.8, 4) is 0 Å². The third-order valence-electron chi connectivity index (χ3n) is 6.13. The standard InChI is InChI=1S/C27H24N4S2/c1(6-12-28-26-22-16-32-14-20(22)18-8-2-4-10-24(18)30-26)7-13-29-27-23-17-33-15-21(23)19-9-3-5-11-25(19)31-27/h2-5,8-11,14-17H,1,6-7,12-13H2,(H,28,30)(H,29,31). The first-order chi connectivity index (χ1) is 16.4. The second-order valence-electron chi connectivity index (χ2n) is 8.27.